The highest BCUT2D eigenvalue weighted by Gasteiger charge is 2.20. The van der Waals surface area contributed by atoms with Crippen LogP contribution in [0.1, 0.15) is 23.6 Å². The van der Waals surface area contributed by atoms with Crippen molar-refractivity contribution >= 4 is 11.3 Å². The Hall–Kier alpha value is -1.52. The third-order valence-electron chi connectivity index (χ3n) is 3.62. The Morgan fingerprint density at radius 1 is 1.25 bits per heavy atom. The second-order valence-electron chi connectivity index (χ2n) is 4.88. The number of nitrogens with one attached hydrogen (secondary N) is 1. The van der Waals surface area contributed by atoms with Gasteiger partial charge in [-0.25, -0.2) is 0 Å². The van der Waals surface area contributed by atoms with Crippen LogP contribution >= 0.6 is 11.3 Å². The van der Waals surface area contributed by atoms with Crippen LogP contribution in [0.3, 0.4) is 0 Å². The van der Waals surface area contributed by atoms with Gasteiger partial charge in [0.2, 0.25) is 0 Å². The summed E-state index contributed by atoms with van der Waals surface area (Å²) in [5, 5.41) is 7.74. The van der Waals surface area contributed by atoms with Gasteiger partial charge < -0.3 is 14.8 Å². The van der Waals surface area contributed by atoms with Gasteiger partial charge in [-0.15, -0.1) is 0 Å². The molecule has 0 saturated carbocycles. The van der Waals surface area contributed by atoms with Gasteiger partial charge in [0.25, 0.3) is 0 Å². The summed E-state index contributed by atoms with van der Waals surface area (Å²) in [4.78, 5) is 0. The highest BCUT2D eigenvalue weighted by Crippen LogP contribution is 2.38. The van der Waals surface area contributed by atoms with Gasteiger partial charge in [0, 0.05) is 11.6 Å². The van der Waals surface area contributed by atoms with Crippen molar-refractivity contribution in [1.82, 2.24) is 5.32 Å². The summed E-state index contributed by atoms with van der Waals surface area (Å²) in [7, 11) is 2.00. The molecule has 3 nitrogen and oxygen atoms in total. The predicted octanol–water partition coefficient (Wildman–Crippen LogP) is 3.41. The lowest BCUT2D eigenvalue weighted by Gasteiger charge is -2.25. The lowest BCUT2D eigenvalue weighted by molar-refractivity contribution is 0.168. The number of aryl methyl sites for hydroxylation is 1. The molecule has 2 aromatic rings. The fourth-order valence-corrected chi connectivity index (χ4v) is 3.28. The number of rotatable bonds is 5. The van der Waals surface area contributed by atoms with Crippen LogP contribution in [0.25, 0.3) is 0 Å². The minimum absolute atomic E-state index is 0.284. The molecule has 3 rings (SSSR count). The number of para-hydroxylation sites is 1. The van der Waals surface area contributed by atoms with Gasteiger partial charge >= 0.3 is 0 Å². The third kappa shape index (κ3) is 2.81. The molecule has 0 spiro atoms. The predicted molar refractivity (Wildman–Crippen MR) is 81.9 cm³/mol. The first-order valence-corrected chi connectivity index (χ1v) is 7.89. The molecule has 1 unspecified atom stereocenters. The molecule has 20 heavy (non-hydrogen) atoms. The number of hydrogen-bond donors (Lipinski definition) is 1. The van der Waals surface area contributed by atoms with E-state index < -0.39 is 0 Å². The maximum absolute atomic E-state index is 5.81. The largest absolute Gasteiger partial charge is 0.486 e. The van der Waals surface area contributed by atoms with Crippen LogP contribution in [0.5, 0.6) is 11.5 Å². The fraction of sp³-hybridized carbons (Fsp3) is 0.375. The highest BCUT2D eigenvalue weighted by atomic mass is 32.1. The van der Waals surface area contributed by atoms with Gasteiger partial charge in [-0.1, -0.05) is 12.1 Å². The first-order valence-electron chi connectivity index (χ1n) is 6.95. The average molecular weight is 289 g/mol. The number of benzene rings is 1. The molecule has 106 valence electrons. The molecule has 1 N–H and O–H groups in total. The van der Waals surface area contributed by atoms with E-state index in [9.17, 15) is 0 Å². The van der Waals surface area contributed by atoms with Gasteiger partial charge in [0.1, 0.15) is 13.2 Å². The van der Waals surface area contributed by atoms with Crippen LogP contribution in [0.15, 0.2) is 35.0 Å². The summed E-state index contributed by atoms with van der Waals surface area (Å²) >= 11 is 1.75. The molecule has 0 saturated heterocycles. The van der Waals surface area contributed by atoms with Gasteiger partial charge in [0.15, 0.2) is 11.5 Å². The molecule has 1 aromatic carbocycles. The van der Waals surface area contributed by atoms with E-state index in [2.05, 4.69) is 28.2 Å². The molecular weight excluding hydrogens is 270 g/mol. The smallest absolute Gasteiger partial charge is 0.166 e. The summed E-state index contributed by atoms with van der Waals surface area (Å²) in [5.74, 6) is 1.77. The summed E-state index contributed by atoms with van der Waals surface area (Å²) in [5.41, 5.74) is 2.59. The molecule has 1 aliphatic rings. The van der Waals surface area contributed by atoms with Gasteiger partial charge in [0.05, 0.1) is 0 Å². The lowest BCUT2D eigenvalue weighted by Crippen LogP contribution is -2.22. The Labute approximate surface area is 123 Å². The van der Waals surface area contributed by atoms with Crippen molar-refractivity contribution in [2.75, 3.05) is 20.3 Å². The summed E-state index contributed by atoms with van der Waals surface area (Å²) in [6.45, 7) is 1.26. The van der Waals surface area contributed by atoms with Crippen LogP contribution in [-0.4, -0.2) is 20.3 Å². The molecule has 0 amide bonds. The molecule has 2 heterocycles. The first-order chi connectivity index (χ1) is 9.88. The van der Waals surface area contributed by atoms with Crippen molar-refractivity contribution in [2.45, 2.75) is 18.9 Å². The molecule has 0 fully saturated rings. The van der Waals surface area contributed by atoms with Crippen molar-refractivity contribution < 1.29 is 9.47 Å². The van der Waals surface area contributed by atoms with Gasteiger partial charge in [-0.2, -0.15) is 11.3 Å². The minimum Gasteiger partial charge on any atom is -0.486 e. The minimum atomic E-state index is 0.284. The van der Waals surface area contributed by atoms with Crippen molar-refractivity contribution in [3.63, 3.8) is 0 Å². The Morgan fingerprint density at radius 3 is 2.95 bits per heavy atom. The van der Waals surface area contributed by atoms with Gasteiger partial charge in [-0.3, -0.25) is 0 Å². The molecule has 4 heteroatoms. The molecular formula is C16H19NO2S. The topological polar surface area (TPSA) is 30.5 Å². The molecule has 1 atom stereocenters. The van der Waals surface area contributed by atoms with Crippen LogP contribution in [-0.2, 0) is 6.42 Å². The summed E-state index contributed by atoms with van der Waals surface area (Å²) < 4.78 is 11.5. The Kier molecular flexibility index (Phi) is 4.23. The Morgan fingerprint density at radius 2 is 2.15 bits per heavy atom. The van der Waals surface area contributed by atoms with Crippen molar-refractivity contribution in [3.8, 4) is 11.5 Å². The van der Waals surface area contributed by atoms with Crippen molar-refractivity contribution in [3.05, 3.63) is 46.2 Å². The van der Waals surface area contributed by atoms with Crippen molar-refractivity contribution in [1.29, 1.82) is 0 Å². The van der Waals surface area contributed by atoms with E-state index >= 15 is 0 Å². The van der Waals surface area contributed by atoms with Crippen LogP contribution < -0.4 is 14.8 Å². The van der Waals surface area contributed by atoms with E-state index in [-0.39, 0.29) is 6.04 Å². The highest BCUT2D eigenvalue weighted by molar-refractivity contribution is 7.07. The van der Waals surface area contributed by atoms with E-state index in [0.717, 1.165) is 24.3 Å². The van der Waals surface area contributed by atoms with Crippen molar-refractivity contribution in [2.24, 2.45) is 0 Å². The normalized spacial score (nSPS) is 15.1. The quantitative estimate of drug-likeness (QED) is 0.915. The second kappa shape index (κ2) is 6.29. The van der Waals surface area contributed by atoms with E-state index in [0.29, 0.717) is 13.2 Å². The van der Waals surface area contributed by atoms with Crippen LogP contribution in [0.4, 0.5) is 0 Å². The number of hydrogen-bond acceptors (Lipinski definition) is 4. The number of fused-ring (bicyclic) bond motifs is 1. The van der Waals surface area contributed by atoms with Gasteiger partial charge in [-0.05, 0) is 48.3 Å². The standard InChI is InChI=1S/C16H19NO2S/c1-17-14(6-5-12-7-10-20-11-12)13-3-2-4-15-16(13)19-9-8-18-15/h2-4,7,10-11,14,17H,5-6,8-9H2,1H3. The fourth-order valence-electron chi connectivity index (χ4n) is 2.57. The molecule has 1 aliphatic heterocycles. The summed E-state index contributed by atoms with van der Waals surface area (Å²) in [6, 6.07) is 8.62. The zero-order chi connectivity index (χ0) is 13.8. The lowest BCUT2D eigenvalue weighted by atomic mass is 9.98. The Bertz CT molecular complexity index is 554. The molecule has 0 radical (unpaired) electrons. The molecule has 0 aliphatic carbocycles. The number of ether oxygens (including phenoxy) is 2. The number of thiophene rings is 1. The van der Waals surface area contributed by atoms with E-state index in [1.807, 2.05) is 19.2 Å². The average Bonchev–Trinajstić information content (AvgIpc) is 3.01. The monoisotopic (exact) mass is 289 g/mol. The van der Waals surface area contributed by atoms with E-state index in [4.69, 9.17) is 9.47 Å². The van der Waals surface area contributed by atoms with Crippen LogP contribution in [0.2, 0.25) is 0 Å². The van der Waals surface area contributed by atoms with E-state index in [1.165, 1.54) is 11.1 Å². The SMILES string of the molecule is CNC(CCc1ccsc1)c1cccc2c1OCCO2. The second-order valence-corrected chi connectivity index (χ2v) is 5.66. The zero-order valence-electron chi connectivity index (χ0n) is 11.6. The Balaban J connectivity index is 1.78. The third-order valence-corrected chi connectivity index (χ3v) is 4.35. The first kappa shape index (κ1) is 13.5. The van der Waals surface area contributed by atoms with E-state index in [1.54, 1.807) is 11.3 Å². The summed E-state index contributed by atoms with van der Waals surface area (Å²) in [6.07, 6.45) is 2.12. The molecule has 0 bridgehead atoms. The van der Waals surface area contributed by atoms with Crippen LogP contribution in [0, 0.1) is 0 Å². The zero-order valence-corrected chi connectivity index (χ0v) is 12.4. The maximum Gasteiger partial charge on any atom is 0.166 e. The molecule has 1 aromatic heterocycles. The maximum atomic E-state index is 5.81.